The zero-order valence-corrected chi connectivity index (χ0v) is 8.33. The molecule has 1 atom stereocenters. The maximum absolute atomic E-state index is 10.6. The first-order valence-electron chi connectivity index (χ1n) is 4.18. The van der Waals surface area contributed by atoms with E-state index in [0.717, 1.165) is 6.42 Å². The van der Waals surface area contributed by atoms with E-state index in [1.54, 1.807) is 0 Å². The maximum atomic E-state index is 10.6. The number of carboxylic acids is 1. The fourth-order valence-corrected chi connectivity index (χ4v) is 0.480. The summed E-state index contributed by atoms with van der Waals surface area (Å²) in [4.78, 5) is 19.2. The van der Waals surface area contributed by atoms with Crippen molar-refractivity contribution in [3.05, 3.63) is 0 Å². The normalized spacial score (nSPS) is 12.3. The summed E-state index contributed by atoms with van der Waals surface area (Å²) in [7, 11) is 0. The van der Waals surface area contributed by atoms with Crippen LogP contribution in [0.5, 0.6) is 0 Å². The monoisotopic (exact) mass is 245 g/mol. The SMILES string of the molecule is NCCC[C@H](N)C(N)=O.O=C(O)C(F)(F)F. The molecule has 0 aromatic carbocycles. The molecule has 0 heterocycles. The molecule has 1 amide bonds. The molecule has 0 aliphatic rings. The number of aliphatic carboxylic acids is 1. The Morgan fingerprint density at radius 3 is 1.88 bits per heavy atom. The summed E-state index contributed by atoms with van der Waals surface area (Å²) >= 11 is 0. The third-order valence-electron chi connectivity index (χ3n) is 1.33. The molecule has 96 valence electrons. The van der Waals surface area contributed by atoms with E-state index in [1.807, 2.05) is 0 Å². The van der Waals surface area contributed by atoms with E-state index in [2.05, 4.69) is 0 Å². The highest BCUT2D eigenvalue weighted by Crippen LogP contribution is 2.13. The lowest BCUT2D eigenvalue weighted by atomic mass is 10.1. The third-order valence-corrected chi connectivity index (χ3v) is 1.33. The number of halogens is 3. The standard InChI is InChI=1S/C5H13N3O.C2HF3O2/c6-3-1-2-4(7)5(8)9;3-2(4,5)1(6)7/h4H,1-3,6-7H2,(H2,8,9);(H,6,7)/t4-;/m0./s1. The van der Waals surface area contributed by atoms with Crippen LogP contribution in [0, 0.1) is 0 Å². The molecule has 0 rings (SSSR count). The highest BCUT2D eigenvalue weighted by atomic mass is 19.4. The van der Waals surface area contributed by atoms with Crippen LogP contribution in [0.1, 0.15) is 12.8 Å². The van der Waals surface area contributed by atoms with Crippen molar-refractivity contribution in [2.45, 2.75) is 25.1 Å². The molecule has 0 spiro atoms. The topological polar surface area (TPSA) is 132 Å². The van der Waals surface area contributed by atoms with Crippen molar-refractivity contribution in [3.8, 4) is 0 Å². The van der Waals surface area contributed by atoms with Gasteiger partial charge in [-0.3, -0.25) is 4.79 Å². The molecule has 0 saturated heterocycles. The first-order valence-corrected chi connectivity index (χ1v) is 4.18. The van der Waals surface area contributed by atoms with Gasteiger partial charge in [0.1, 0.15) is 0 Å². The van der Waals surface area contributed by atoms with E-state index in [0.29, 0.717) is 13.0 Å². The van der Waals surface area contributed by atoms with Gasteiger partial charge in [-0.2, -0.15) is 13.2 Å². The van der Waals surface area contributed by atoms with Gasteiger partial charge in [-0.1, -0.05) is 0 Å². The molecule has 0 aliphatic carbocycles. The van der Waals surface area contributed by atoms with E-state index in [-0.39, 0.29) is 0 Å². The van der Waals surface area contributed by atoms with Crippen LogP contribution in [-0.2, 0) is 9.59 Å². The quantitative estimate of drug-likeness (QED) is 0.513. The molecule has 7 N–H and O–H groups in total. The fraction of sp³-hybridized carbons (Fsp3) is 0.714. The Bertz CT molecular complexity index is 233. The number of carbonyl (C=O) groups excluding carboxylic acids is 1. The minimum atomic E-state index is -5.08. The van der Waals surface area contributed by atoms with E-state index in [1.165, 1.54) is 0 Å². The van der Waals surface area contributed by atoms with Crippen LogP contribution >= 0.6 is 0 Å². The second-order valence-electron chi connectivity index (χ2n) is 2.74. The number of carboxylic acid groups (broad SMARTS) is 1. The van der Waals surface area contributed by atoms with E-state index >= 15 is 0 Å². The summed E-state index contributed by atoms with van der Waals surface area (Å²) in [6, 6.07) is -0.520. The molecule has 0 saturated carbocycles. The Labute approximate surface area is 89.6 Å². The average Bonchev–Trinajstić information content (AvgIpc) is 2.13. The molecule has 0 bridgehead atoms. The van der Waals surface area contributed by atoms with Gasteiger partial charge in [0.25, 0.3) is 0 Å². The molecule has 16 heavy (non-hydrogen) atoms. The lowest BCUT2D eigenvalue weighted by Gasteiger charge is -2.03. The van der Waals surface area contributed by atoms with Gasteiger partial charge in [0.15, 0.2) is 0 Å². The van der Waals surface area contributed by atoms with Crippen LogP contribution < -0.4 is 17.2 Å². The van der Waals surface area contributed by atoms with Crippen LogP contribution in [0.2, 0.25) is 0 Å². The van der Waals surface area contributed by atoms with Crippen LogP contribution in [0.3, 0.4) is 0 Å². The Hall–Kier alpha value is -1.35. The molecule has 0 aromatic heterocycles. The average molecular weight is 245 g/mol. The lowest BCUT2D eigenvalue weighted by Crippen LogP contribution is -2.36. The van der Waals surface area contributed by atoms with Gasteiger partial charge < -0.3 is 22.3 Å². The van der Waals surface area contributed by atoms with Gasteiger partial charge in [-0.15, -0.1) is 0 Å². The highest BCUT2D eigenvalue weighted by Gasteiger charge is 2.38. The number of nitrogens with two attached hydrogens (primary N) is 3. The number of carbonyl (C=O) groups is 2. The summed E-state index contributed by atoms with van der Waals surface area (Å²) in [5.74, 6) is -3.21. The zero-order chi connectivity index (χ0) is 13.4. The Balaban J connectivity index is 0. The van der Waals surface area contributed by atoms with Crippen LogP contribution in [0.4, 0.5) is 13.2 Å². The summed E-state index contributed by atoms with van der Waals surface area (Å²) in [5.41, 5.74) is 15.3. The van der Waals surface area contributed by atoms with Crippen LogP contribution in [-0.4, -0.2) is 35.7 Å². The third kappa shape index (κ3) is 10.7. The summed E-state index contributed by atoms with van der Waals surface area (Å²) in [6.45, 7) is 0.557. The van der Waals surface area contributed by atoms with E-state index in [4.69, 9.17) is 27.1 Å². The number of primary amides is 1. The molecule has 0 aromatic rings. The van der Waals surface area contributed by atoms with Gasteiger partial charge in [-0.05, 0) is 19.4 Å². The predicted molar refractivity (Wildman–Crippen MR) is 49.1 cm³/mol. The summed E-state index contributed by atoms with van der Waals surface area (Å²) in [5, 5.41) is 7.12. The molecular formula is C7H14F3N3O3. The highest BCUT2D eigenvalue weighted by molar-refractivity contribution is 5.79. The number of hydrogen-bond donors (Lipinski definition) is 4. The van der Waals surface area contributed by atoms with Gasteiger partial charge >= 0.3 is 12.1 Å². The van der Waals surface area contributed by atoms with Crippen LogP contribution in [0.15, 0.2) is 0 Å². The summed E-state index contributed by atoms with van der Waals surface area (Å²) in [6.07, 6.45) is -3.74. The number of alkyl halides is 3. The fourth-order valence-electron chi connectivity index (χ4n) is 0.480. The molecule has 9 heteroatoms. The zero-order valence-electron chi connectivity index (χ0n) is 8.33. The minimum Gasteiger partial charge on any atom is -0.475 e. The number of amides is 1. The second kappa shape index (κ2) is 7.88. The Morgan fingerprint density at radius 1 is 1.31 bits per heavy atom. The number of hydrogen-bond acceptors (Lipinski definition) is 4. The molecule has 0 unspecified atom stereocenters. The molecular weight excluding hydrogens is 231 g/mol. The maximum Gasteiger partial charge on any atom is 0.490 e. The van der Waals surface area contributed by atoms with Crippen molar-refractivity contribution < 1.29 is 27.9 Å². The molecule has 0 aliphatic heterocycles. The van der Waals surface area contributed by atoms with Crippen molar-refractivity contribution in [2.24, 2.45) is 17.2 Å². The van der Waals surface area contributed by atoms with Crippen molar-refractivity contribution in [3.63, 3.8) is 0 Å². The largest absolute Gasteiger partial charge is 0.490 e. The van der Waals surface area contributed by atoms with Crippen molar-refractivity contribution in [1.29, 1.82) is 0 Å². The molecule has 0 radical (unpaired) electrons. The van der Waals surface area contributed by atoms with Gasteiger partial charge in [0, 0.05) is 0 Å². The lowest BCUT2D eigenvalue weighted by molar-refractivity contribution is -0.192. The summed E-state index contributed by atoms with van der Waals surface area (Å²) < 4.78 is 31.7. The Morgan fingerprint density at radius 2 is 1.69 bits per heavy atom. The van der Waals surface area contributed by atoms with Crippen molar-refractivity contribution >= 4 is 11.9 Å². The molecule has 0 fully saturated rings. The van der Waals surface area contributed by atoms with Crippen molar-refractivity contribution in [1.82, 2.24) is 0 Å². The number of rotatable bonds is 4. The van der Waals surface area contributed by atoms with E-state index in [9.17, 15) is 18.0 Å². The van der Waals surface area contributed by atoms with E-state index < -0.39 is 24.1 Å². The molecule has 6 nitrogen and oxygen atoms in total. The van der Waals surface area contributed by atoms with Gasteiger partial charge in [0.05, 0.1) is 6.04 Å². The first-order chi connectivity index (χ1) is 7.12. The van der Waals surface area contributed by atoms with Crippen molar-refractivity contribution in [2.75, 3.05) is 6.54 Å². The smallest absolute Gasteiger partial charge is 0.475 e. The minimum absolute atomic E-state index is 0.455. The second-order valence-corrected chi connectivity index (χ2v) is 2.74. The van der Waals surface area contributed by atoms with Gasteiger partial charge in [0.2, 0.25) is 5.91 Å². The Kier molecular flexibility index (Phi) is 8.40. The van der Waals surface area contributed by atoms with Crippen LogP contribution in [0.25, 0.3) is 0 Å². The predicted octanol–water partition coefficient (Wildman–Crippen LogP) is -0.829. The first kappa shape index (κ1) is 17.1. The van der Waals surface area contributed by atoms with Gasteiger partial charge in [-0.25, -0.2) is 4.79 Å².